The van der Waals surface area contributed by atoms with E-state index in [0.717, 1.165) is 38.5 Å². The summed E-state index contributed by atoms with van der Waals surface area (Å²) >= 11 is 0. The maximum Gasteiger partial charge on any atom is 0.118 e. The molecule has 102 valence electrons. The van der Waals surface area contributed by atoms with E-state index in [1.54, 1.807) is 12.2 Å². The molecule has 18 heavy (non-hydrogen) atoms. The average molecular weight is 253 g/mol. The first-order valence-corrected chi connectivity index (χ1v) is 7.06. The first-order valence-electron chi connectivity index (χ1n) is 7.06. The van der Waals surface area contributed by atoms with Gasteiger partial charge in [-0.05, 0) is 62.0 Å². The van der Waals surface area contributed by atoms with E-state index in [9.17, 15) is 9.50 Å². The van der Waals surface area contributed by atoms with Crippen molar-refractivity contribution in [1.29, 1.82) is 0 Å². The second-order valence-electron chi connectivity index (χ2n) is 5.77. The van der Waals surface area contributed by atoms with Crippen LogP contribution in [0, 0.1) is 11.3 Å². The topological polar surface area (TPSA) is 46.2 Å². The van der Waals surface area contributed by atoms with Crippen LogP contribution in [0.1, 0.15) is 45.4 Å². The molecule has 1 saturated carbocycles. The van der Waals surface area contributed by atoms with Gasteiger partial charge in [-0.25, -0.2) is 4.39 Å². The van der Waals surface area contributed by atoms with Gasteiger partial charge in [0.25, 0.3) is 0 Å². The molecule has 0 saturated heterocycles. The molecule has 0 aliphatic heterocycles. The van der Waals surface area contributed by atoms with Gasteiger partial charge in [0.2, 0.25) is 0 Å². The zero-order valence-corrected chi connectivity index (χ0v) is 11.1. The second kappa shape index (κ2) is 5.54. The number of hydrogen-bond donors (Lipinski definition) is 2. The minimum atomic E-state index is -0.179. The predicted molar refractivity (Wildman–Crippen MR) is 71.6 cm³/mol. The quantitative estimate of drug-likeness (QED) is 0.812. The Bertz CT molecular complexity index is 342. The van der Waals surface area contributed by atoms with Crippen LogP contribution in [0.25, 0.3) is 0 Å². The summed E-state index contributed by atoms with van der Waals surface area (Å²) in [5.74, 6) is 0.182. The van der Waals surface area contributed by atoms with Crippen molar-refractivity contribution in [2.24, 2.45) is 17.1 Å². The maximum absolute atomic E-state index is 13.1. The molecular weight excluding hydrogens is 229 g/mol. The molecule has 2 aliphatic rings. The van der Waals surface area contributed by atoms with E-state index in [-0.39, 0.29) is 23.4 Å². The van der Waals surface area contributed by atoms with E-state index >= 15 is 0 Å². The van der Waals surface area contributed by atoms with Gasteiger partial charge in [0.15, 0.2) is 0 Å². The lowest BCUT2D eigenvalue weighted by Crippen LogP contribution is -2.49. The minimum Gasteiger partial charge on any atom is -0.393 e. The monoisotopic (exact) mass is 253 g/mol. The summed E-state index contributed by atoms with van der Waals surface area (Å²) in [5.41, 5.74) is 6.41. The van der Waals surface area contributed by atoms with Crippen molar-refractivity contribution in [3.63, 3.8) is 0 Å². The molecule has 0 aromatic heterocycles. The number of aliphatic hydroxyl groups excluding tert-OH is 1. The highest BCUT2D eigenvalue weighted by Crippen LogP contribution is 2.48. The lowest BCUT2D eigenvalue weighted by molar-refractivity contribution is 0.0188. The van der Waals surface area contributed by atoms with E-state index in [1.807, 2.05) is 6.08 Å². The Balaban J connectivity index is 2.18. The summed E-state index contributed by atoms with van der Waals surface area (Å²) in [6.45, 7) is 2.11. The molecule has 0 aromatic rings. The smallest absolute Gasteiger partial charge is 0.118 e. The summed E-state index contributed by atoms with van der Waals surface area (Å²) in [7, 11) is 0. The van der Waals surface area contributed by atoms with Gasteiger partial charge in [0.1, 0.15) is 5.83 Å². The number of aliphatic hydroxyl groups is 1. The van der Waals surface area contributed by atoms with Crippen LogP contribution < -0.4 is 5.73 Å². The standard InChI is InChI=1S/C15H24FNO/c1-2-14(17)15(9-7-13(18)8-10-15)11-3-5-12(16)6-4-11/h3,5-6,11,13-14,18H,2,4,7-10,17H2,1H3/t11?,13-,14?,15+. The molecular formula is C15H24FNO. The van der Waals surface area contributed by atoms with Crippen LogP contribution in [0.15, 0.2) is 24.1 Å². The highest BCUT2D eigenvalue weighted by atomic mass is 19.1. The molecule has 1 fully saturated rings. The highest BCUT2D eigenvalue weighted by Gasteiger charge is 2.44. The summed E-state index contributed by atoms with van der Waals surface area (Å²) in [6.07, 6.45) is 10.3. The van der Waals surface area contributed by atoms with Crippen molar-refractivity contribution in [2.75, 3.05) is 0 Å². The lowest BCUT2D eigenvalue weighted by Gasteiger charge is -2.48. The summed E-state index contributed by atoms with van der Waals surface area (Å²) < 4.78 is 13.1. The SMILES string of the molecule is CCC(N)[C@]1(C2C=CC(F)=CC2)CC[C@H](O)CC1. The zero-order valence-electron chi connectivity index (χ0n) is 11.1. The average Bonchev–Trinajstić information content (AvgIpc) is 2.40. The number of hydrogen-bond acceptors (Lipinski definition) is 2. The van der Waals surface area contributed by atoms with Gasteiger partial charge in [0, 0.05) is 6.04 Å². The Morgan fingerprint density at radius 3 is 2.67 bits per heavy atom. The molecule has 3 N–H and O–H groups in total. The van der Waals surface area contributed by atoms with Crippen LogP contribution in [0.4, 0.5) is 4.39 Å². The highest BCUT2D eigenvalue weighted by molar-refractivity contribution is 5.20. The molecule has 2 nitrogen and oxygen atoms in total. The molecule has 0 radical (unpaired) electrons. The number of allylic oxidation sites excluding steroid dienone is 4. The van der Waals surface area contributed by atoms with Crippen molar-refractivity contribution >= 4 is 0 Å². The van der Waals surface area contributed by atoms with Gasteiger partial charge in [0.05, 0.1) is 6.10 Å². The third kappa shape index (κ3) is 2.52. The molecule has 2 rings (SSSR count). The summed E-state index contributed by atoms with van der Waals surface area (Å²) in [5, 5.41) is 9.71. The van der Waals surface area contributed by atoms with Crippen LogP contribution in [0.2, 0.25) is 0 Å². The first-order chi connectivity index (χ1) is 8.58. The van der Waals surface area contributed by atoms with Crippen molar-refractivity contribution in [3.8, 4) is 0 Å². The van der Waals surface area contributed by atoms with E-state index in [1.165, 1.54) is 0 Å². The van der Waals surface area contributed by atoms with E-state index in [2.05, 4.69) is 6.92 Å². The first kappa shape index (κ1) is 13.8. The van der Waals surface area contributed by atoms with Gasteiger partial charge in [-0.15, -0.1) is 0 Å². The van der Waals surface area contributed by atoms with Crippen molar-refractivity contribution in [1.82, 2.24) is 0 Å². The minimum absolute atomic E-state index is 0.0433. The lowest BCUT2D eigenvalue weighted by atomic mass is 9.59. The molecule has 0 spiro atoms. The van der Waals surface area contributed by atoms with Crippen LogP contribution in [-0.2, 0) is 0 Å². The Kier molecular flexibility index (Phi) is 4.23. The van der Waals surface area contributed by atoms with Crippen LogP contribution in [0.5, 0.6) is 0 Å². The fourth-order valence-corrected chi connectivity index (χ4v) is 3.58. The van der Waals surface area contributed by atoms with E-state index < -0.39 is 0 Å². The van der Waals surface area contributed by atoms with Crippen LogP contribution in [-0.4, -0.2) is 17.3 Å². The number of nitrogens with two attached hydrogens (primary N) is 1. The van der Waals surface area contributed by atoms with Crippen molar-refractivity contribution in [3.05, 3.63) is 24.1 Å². The molecule has 0 heterocycles. The fraction of sp³-hybridized carbons (Fsp3) is 0.733. The number of rotatable bonds is 3. The molecule has 2 unspecified atom stereocenters. The Labute approximate surface area is 109 Å². The van der Waals surface area contributed by atoms with E-state index in [0.29, 0.717) is 5.92 Å². The largest absolute Gasteiger partial charge is 0.393 e. The summed E-state index contributed by atoms with van der Waals surface area (Å²) in [4.78, 5) is 0. The normalized spacial score (nSPS) is 38.3. The molecule has 2 atom stereocenters. The molecule has 0 aromatic carbocycles. The maximum atomic E-state index is 13.1. The second-order valence-corrected chi connectivity index (χ2v) is 5.77. The molecule has 2 aliphatic carbocycles. The number of halogens is 1. The third-order valence-electron chi connectivity index (χ3n) is 4.86. The Morgan fingerprint density at radius 1 is 1.50 bits per heavy atom. The van der Waals surface area contributed by atoms with Crippen LogP contribution >= 0.6 is 0 Å². The van der Waals surface area contributed by atoms with Gasteiger partial charge >= 0.3 is 0 Å². The van der Waals surface area contributed by atoms with Crippen molar-refractivity contribution < 1.29 is 9.50 Å². The Hall–Kier alpha value is -0.670. The Morgan fingerprint density at radius 2 is 2.17 bits per heavy atom. The summed E-state index contributed by atoms with van der Waals surface area (Å²) in [6, 6.07) is 0.134. The third-order valence-corrected chi connectivity index (χ3v) is 4.86. The van der Waals surface area contributed by atoms with Gasteiger partial charge in [-0.3, -0.25) is 0 Å². The van der Waals surface area contributed by atoms with Gasteiger partial charge in [-0.1, -0.05) is 13.0 Å². The zero-order chi connectivity index (χ0) is 13.2. The van der Waals surface area contributed by atoms with Gasteiger partial charge in [-0.2, -0.15) is 0 Å². The molecule has 3 heteroatoms. The van der Waals surface area contributed by atoms with Crippen LogP contribution in [0.3, 0.4) is 0 Å². The van der Waals surface area contributed by atoms with E-state index in [4.69, 9.17) is 5.73 Å². The molecule has 0 bridgehead atoms. The van der Waals surface area contributed by atoms with Crippen molar-refractivity contribution in [2.45, 2.75) is 57.6 Å². The predicted octanol–water partition coefficient (Wildman–Crippen LogP) is 3.07. The molecule has 0 amide bonds. The van der Waals surface area contributed by atoms with Gasteiger partial charge < -0.3 is 10.8 Å². The fourth-order valence-electron chi connectivity index (χ4n) is 3.58.